The first-order valence-electron chi connectivity index (χ1n) is 12.8. The molecule has 0 aliphatic heterocycles. The van der Waals surface area contributed by atoms with E-state index in [0.29, 0.717) is 13.2 Å². The molecule has 2 atom stereocenters. The van der Waals surface area contributed by atoms with Gasteiger partial charge in [0, 0.05) is 13.2 Å². The van der Waals surface area contributed by atoms with Gasteiger partial charge in [-0.3, -0.25) is 4.52 Å². The van der Waals surface area contributed by atoms with E-state index >= 15 is 0 Å². The summed E-state index contributed by atoms with van der Waals surface area (Å²) in [5.74, 6) is 0. The first kappa shape index (κ1) is 31.5. The highest BCUT2D eigenvalue weighted by molar-refractivity contribution is 7.70. The van der Waals surface area contributed by atoms with E-state index in [2.05, 4.69) is 11.4 Å². The second kappa shape index (κ2) is 22.3. The molecule has 32 heavy (non-hydrogen) atoms. The van der Waals surface area contributed by atoms with Crippen molar-refractivity contribution in [2.24, 2.45) is 0 Å². The first-order valence-corrected chi connectivity index (χ1v) is 14.4. The Bertz CT molecular complexity index is 473. The standard InChI is InChI=1S/C24H49O7P/c1-3-5-6-7-8-9-10-11-12-13-14-15-16-17-18-19-20-29-21-23(30-4-2)22-31-32(27,28)24(25)26/h23H,3-22H2,1-2H3,(H,25,26)(H,27,28)/t23-/m1/s1. The zero-order valence-corrected chi connectivity index (χ0v) is 21.5. The van der Waals surface area contributed by atoms with Crippen molar-refractivity contribution in [1.82, 2.24) is 0 Å². The van der Waals surface area contributed by atoms with E-state index in [1.807, 2.05) is 0 Å². The van der Waals surface area contributed by atoms with Crippen LogP contribution in [-0.2, 0) is 18.6 Å². The number of ether oxygens (including phenoxy) is 2. The molecular formula is C24H49O7P. The molecule has 0 saturated heterocycles. The molecule has 0 saturated carbocycles. The number of hydrogen-bond donors (Lipinski definition) is 2. The average Bonchev–Trinajstić information content (AvgIpc) is 2.76. The van der Waals surface area contributed by atoms with Gasteiger partial charge in [-0.2, -0.15) is 0 Å². The fourth-order valence-electron chi connectivity index (χ4n) is 3.59. The highest BCUT2D eigenvalue weighted by Crippen LogP contribution is 2.42. The maximum absolute atomic E-state index is 11.3. The van der Waals surface area contributed by atoms with Crippen LogP contribution in [0.25, 0.3) is 0 Å². The van der Waals surface area contributed by atoms with E-state index in [4.69, 9.17) is 14.6 Å². The second-order valence-corrected chi connectivity index (χ2v) is 10.2. The fraction of sp³-hybridized carbons (Fsp3) is 0.958. The molecule has 7 nitrogen and oxygen atoms in total. The Morgan fingerprint density at radius 1 is 0.750 bits per heavy atom. The van der Waals surface area contributed by atoms with E-state index in [1.165, 1.54) is 89.9 Å². The molecule has 0 aliphatic rings. The van der Waals surface area contributed by atoms with Gasteiger partial charge in [0.15, 0.2) is 0 Å². The van der Waals surface area contributed by atoms with E-state index < -0.39 is 19.4 Å². The first-order chi connectivity index (χ1) is 15.4. The Morgan fingerprint density at radius 3 is 1.59 bits per heavy atom. The van der Waals surface area contributed by atoms with Crippen molar-refractivity contribution in [3.8, 4) is 0 Å². The number of rotatable bonds is 25. The van der Waals surface area contributed by atoms with Crippen molar-refractivity contribution in [2.75, 3.05) is 26.4 Å². The van der Waals surface area contributed by atoms with Gasteiger partial charge in [0.2, 0.25) is 0 Å². The van der Waals surface area contributed by atoms with Gasteiger partial charge in [-0.05, 0) is 13.3 Å². The fourth-order valence-corrected chi connectivity index (χ4v) is 4.07. The lowest BCUT2D eigenvalue weighted by molar-refractivity contribution is -0.0347. The summed E-state index contributed by atoms with van der Waals surface area (Å²) < 4.78 is 26.8. The van der Waals surface area contributed by atoms with Crippen molar-refractivity contribution in [1.29, 1.82) is 0 Å². The van der Waals surface area contributed by atoms with Gasteiger partial charge in [0.1, 0.15) is 6.10 Å². The molecule has 0 spiro atoms. The Morgan fingerprint density at radius 2 is 1.19 bits per heavy atom. The molecule has 0 aromatic rings. The Balaban J connectivity index is 3.44. The van der Waals surface area contributed by atoms with Crippen molar-refractivity contribution in [3.63, 3.8) is 0 Å². The van der Waals surface area contributed by atoms with Crippen LogP contribution in [0.3, 0.4) is 0 Å². The van der Waals surface area contributed by atoms with Gasteiger partial charge in [-0.25, -0.2) is 9.36 Å². The third-order valence-electron chi connectivity index (χ3n) is 5.53. The van der Waals surface area contributed by atoms with Crippen LogP contribution in [0.4, 0.5) is 4.79 Å². The molecule has 1 unspecified atom stereocenters. The monoisotopic (exact) mass is 480 g/mol. The maximum Gasteiger partial charge on any atom is 0.435 e. The van der Waals surface area contributed by atoms with Crippen LogP contribution in [0.5, 0.6) is 0 Å². The predicted molar refractivity (Wildman–Crippen MR) is 130 cm³/mol. The Labute approximate surface area is 196 Å². The van der Waals surface area contributed by atoms with Crippen LogP contribution in [0.15, 0.2) is 0 Å². The molecule has 0 heterocycles. The normalized spacial score (nSPS) is 14.3. The highest BCUT2D eigenvalue weighted by atomic mass is 31.2. The summed E-state index contributed by atoms with van der Waals surface area (Å²) in [5, 5.41) is 8.61. The summed E-state index contributed by atoms with van der Waals surface area (Å²) in [6.45, 7) is 4.97. The van der Waals surface area contributed by atoms with Crippen molar-refractivity contribution in [3.05, 3.63) is 0 Å². The van der Waals surface area contributed by atoms with E-state index in [9.17, 15) is 14.3 Å². The minimum Gasteiger partial charge on any atom is -0.472 e. The van der Waals surface area contributed by atoms with Crippen LogP contribution in [0.1, 0.15) is 117 Å². The summed E-state index contributed by atoms with van der Waals surface area (Å²) >= 11 is 0. The highest BCUT2D eigenvalue weighted by Gasteiger charge is 2.31. The van der Waals surface area contributed by atoms with E-state index in [-0.39, 0.29) is 13.2 Å². The molecule has 0 aromatic heterocycles. The van der Waals surface area contributed by atoms with Gasteiger partial charge in [0.05, 0.1) is 13.2 Å². The number of hydrogen-bond acceptors (Lipinski definition) is 5. The smallest absolute Gasteiger partial charge is 0.435 e. The molecule has 192 valence electrons. The molecule has 0 rings (SSSR count). The van der Waals surface area contributed by atoms with Crippen molar-refractivity contribution in [2.45, 2.75) is 123 Å². The van der Waals surface area contributed by atoms with Crippen LogP contribution in [0, 0.1) is 0 Å². The Hall–Kier alpha value is -0.460. The SMILES string of the molecule is CCCCCCCCCCCCCCCCCCOC[C@H](COP(=O)(O)C(=O)O)OCC. The topological polar surface area (TPSA) is 102 Å². The summed E-state index contributed by atoms with van der Waals surface area (Å²) in [4.78, 5) is 19.8. The molecule has 2 N–H and O–H groups in total. The molecule has 0 fully saturated rings. The van der Waals surface area contributed by atoms with E-state index in [0.717, 1.165) is 12.8 Å². The summed E-state index contributed by atoms with van der Waals surface area (Å²) in [6.07, 6.45) is 20.6. The summed E-state index contributed by atoms with van der Waals surface area (Å²) in [6, 6.07) is 0. The maximum atomic E-state index is 11.3. The van der Waals surface area contributed by atoms with Crippen LogP contribution in [0.2, 0.25) is 0 Å². The zero-order chi connectivity index (χ0) is 23.9. The van der Waals surface area contributed by atoms with Gasteiger partial charge < -0.3 is 19.5 Å². The molecule has 0 radical (unpaired) electrons. The van der Waals surface area contributed by atoms with Gasteiger partial charge in [-0.1, -0.05) is 103 Å². The largest absolute Gasteiger partial charge is 0.472 e. The van der Waals surface area contributed by atoms with Crippen LogP contribution < -0.4 is 0 Å². The Kier molecular flexibility index (Phi) is 22.0. The molecule has 8 heteroatoms. The minimum atomic E-state index is -4.64. The van der Waals surface area contributed by atoms with Crippen molar-refractivity contribution < 1.29 is 33.4 Å². The average molecular weight is 481 g/mol. The van der Waals surface area contributed by atoms with Crippen LogP contribution >= 0.6 is 7.60 Å². The third kappa shape index (κ3) is 20.2. The number of carboxylic acid groups (broad SMARTS) is 1. The molecule has 0 aromatic carbocycles. The molecule has 0 bridgehead atoms. The molecular weight excluding hydrogens is 431 g/mol. The quantitative estimate of drug-likeness (QED) is 0.103. The van der Waals surface area contributed by atoms with Crippen molar-refractivity contribution >= 4 is 13.3 Å². The lowest BCUT2D eigenvalue weighted by atomic mass is 10.0. The number of unbranched alkanes of at least 4 members (excludes halogenated alkanes) is 15. The molecule has 0 aliphatic carbocycles. The zero-order valence-electron chi connectivity index (χ0n) is 20.6. The summed E-state index contributed by atoms with van der Waals surface area (Å²) in [5.41, 5.74) is -1.86. The lowest BCUT2D eigenvalue weighted by Gasteiger charge is -2.18. The minimum absolute atomic E-state index is 0.214. The van der Waals surface area contributed by atoms with Gasteiger partial charge in [0.25, 0.3) is 0 Å². The van der Waals surface area contributed by atoms with Gasteiger partial charge >= 0.3 is 13.3 Å². The lowest BCUT2D eigenvalue weighted by Crippen LogP contribution is -2.26. The van der Waals surface area contributed by atoms with Crippen LogP contribution in [-0.4, -0.2) is 48.2 Å². The number of carbonyl (C=O) groups is 1. The predicted octanol–water partition coefficient (Wildman–Crippen LogP) is 7.55. The summed E-state index contributed by atoms with van der Waals surface area (Å²) in [7, 11) is -4.64. The van der Waals surface area contributed by atoms with E-state index in [1.54, 1.807) is 6.92 Å². The second-order valence-electron chi connectivity index (χ2n) is 8.55. The third-order valence-corrected chi connectivity index (χ3v) is 6.51. The molecule has 0 amide bonds. The van der Waals surface area contributed by atoms with Gasteiger partial charge in [-0.15, -0.1) is 0 Å².